The topological polar surface area (TPSA) is 31.4 Å². The van der Waals surface area contributed by atoms with Gasteiger partial charge in [-0.2, -0.15) is 11.8 Å². The highest BCUT2D eigenvalue weighted by Crippen LogP contribution is 2.23. The van der Waals surface area contributed by atoms with E-state index in [0.717, 1.165) is 42.6 Å². The van der Waals surface area contributed by atoms with E-state index in [2.05, 4.69) is 11.1 Å². The average Bonchev–Trinajstić information content (AvgIpc) is 3.06. The van der Waals surface area contributed by atoms with Crippen LogP contribution in [0.25, 0.3) is 11.3 Å². The second kappa shape index (κ2) is 7.48. The minimum Gasteiger partial charge on any atom is -0.493 e. The van der Waals surface area contributed by atoms with Crippen molar-refractivity contribution < 1.29 is 9.47 Å². The van der Waals surface area contributed by atoms with Gasteiger partial charge in [0.15, 0.2) is 0 Å². The first kappa shape index (κ1) is 14.4. The molecule has 0 spiro atoms. The van der Waals surface area contributed by atoms with Gasteiger partial charge in [-0.15, -0.1) is 0 Å². The van der Waals surface area contributed by atoms with Crippen LogP contribution in [0.2, 0.25) is 0 Å². The smallest absolute Gasteiger partial charge is 0.120 e. The summed E-state index contributed by atoms with van der Waals surface area (Å²) in [6.45, 7) is 2.53. The normalized spacial score (nSPS) is 17.8. The molecule has 1 atom stereocenters. The van der Waals surface area contributed by atoms with Gasteiger partial charge in [0.25, 0.3) is 0 Å². The Balaban J connectivity index is 1.51. The van der Waals surface area contributed by atoms with Crippen LogP contribution in [-0.4, -0.2) is 35.8 Å². The minimum atomic E-state index is 0.647. The zero-order valence-corrected chi connectivity index (χ0v) is 12.7. The predicted octanol–water partition coefficient (Wildman–Crippen LogP) is 3.65. The maximum atomic E-state index is 5.84. The molecule has 2 heterocycles. The molecule has 4 heteroatoms. The van der Waals surface area contributed by atoms with E-state index in [0.29, 0.717) is 5.25 Å². The number of pyridine rings is 1. The second-order valence-corrected chi connectivity index (χ2v) is 6.36. The van der Waals surface area contributed by atoms with E-state index >= 15 is 0 Å². The minimum absolute atomic E-state index is 0.647. The van der Waals surface area contributed by atoms with Crippen LogP contribution >= 0.6 is 11.8 Å². The van der Waals surface area contributed by atoms with Crippen LogP contribution in [0.1, 0.15) is 6.42 Å². The number of nitrogens with zero attached hydrogens (tertiary/aromatic N) is 1. The first-order valence-corrected chi connectivity index (χ1v) is 8.30. The molecule has 1 aromatic heterocycles. The number of aromatic nitrogens is 1. The summed E-state index contributed by atoms with van der Waals surface area (Å²) in [5, 5.41) is 0.647. The van der Waals surface area contributed by atoms with Gasteiger partial charge in [0.1, 0.15) is 5.75 Å². The molecule has 2 aromatic rings. The van der Waals surface area contributed by atoms with Crippen LogP contribution in [0.3, 0.4) is 0 Å². The van der Waals surface area contributed by atoms with Crippen molar-refractivity contribution in [1.82, 2.24) is 4.98 Å². The lowest BCUT2D eigenvalue weighted by molar-refractivity contribution is 0.199. The average molecular weight is 301 g/mol. The second-order valence-electron chi connectivity index (χ2n) is 4.95. The van der Waals surface area contributed by atoms with Crippen LogP contribution in [0, 0.1) is 0 Å². The molecule has 0 amide bonds. The number of thioether (sulfide) groups is 1. The third-order valence-electron chi connectivity index (χ3n) is 3.39. The largest absolute Gasteiger partial charge is 0.493 e. The molecular formula is C17H19NO2S. The summed E-state index contributed by atoms with van der Waals surface area (Å²) in [5.74, 6) is 1.91. The number of ether oxygens (including phenoxy) is 2. The standard InChI is InChI=1S/C17H19NO2S/c1-2-8-18-17(6-1)14-4-3-5-15(12-14)20-10-11-21-16-7-9-19-13-16/h1-6,8,12,16H,7,9-11,13H2. The lowest BCUT2D eigenvalue weighted by Crippen LogP contribution is -2.07. The van der Waals surface area contributed by atoms with Crippen molar-refractivity contribution in [3.05, 3.63) is 48.7 Å². The molecule has 1 fully saturated rings. The summed E-state index contributed by atoms with van der Waals surface area (Å²) in [7, 11) is 0. The van der Waals surface area contributed by atoms with Gasteiger partial charge in [0, 0.05) is 29.4 Å². The Morgan fingerprint density at radius 2 is 2.24 bits per heavy atom. The molecule has 0 bridgehead atoms. The highest BCUT2D eigenvalue weighted by atomic mass is 32.2. The molecule has 0 saturated carbocycles. The van der Waals surface area contributed by atoms with E-state index in [9.17, 15) is 0 Å². The van der Waals surface area contributed by atoms with Crippen molar-refractivity contribution in [2.45, 2.75) is 11.7 Å². The maximum absolute atomic E-state index is 5.84. The summed E-state index contributed by atoms with van der Waals surface area (Å²) in [6.07, 6.45) is 2.98. The number of hydrogen-bond acceptors (Lipinski definition) is 4. The van der Waals surface area contributed by atoms with Crippen molar-refractivity contribution in [3.63, 3.8) is 0 Å². The van der Waals surface area contributed by atoms with Crippen LogP contribution in [0.5, 0.6) is 5.75 Å². The fourth-order valence-electron chi connectivity index (χ4n) is 2.30. The summed E-state index contributed by atoms with van der Waals surface area (Å²) < 4.78 is 11.2. The zero-order valence-electron chi connectivity index (χ0n) is 11.9. The highest BCUT2D eigenvalue weighted by molar-refractivity contribution is 7.99. The Bertz CT molecular complexity index is 556. The summed E-state index contributed by atoms with van der Waals surface area (Å²) in [6, 6.07) is 14.0. The molecule has 1 saturated heterocycles. The monoisotopic (exact) mass is 301 g/mol. The van der Waals surface area contributed by atoms with Gasteiger partial charge in [-0.1, -0.05) is 18.2 Å². The summed E-state index contributed by atoms with van der Waals surface area (Å²) >= 11 is 1.94. The Morgan fingerprint density at radius 3 is 3.05 bits per heavy atom. The van der Waals surface area contributed by atoms with Crippen LogP contribution in [0.15, 0.2) is 48.7 Å². The van der Waals surface area contributed by atoms with Crippen LogP contribution in [0.4, 0.5) is 0 Å². The first-order chi connectivity index (χ1) is 10.4. The fourth-order valence-corrected chi connectivity index (χ4v) is 3.27. The molecule has 1 aliphatic rings. The summed E-state index contributed by atoms with van der Waals surface area (Å²) in [4.78, 5) is 4.37. The Kier molecular flexibility index (Phi) is 5.13. The lowest BCUT2D eigenvalue weighted by atomic mass is 10.1. The molecule has 3 nitrogen and oxygen atoms in total. The van der Waals surface area contributed by atoms with Crippen molar-refractivity contribution in [3.8, 4) is 17.0 Å². The highest BCUT2D eigenvalue weighted by Gasteiger charge is 2.15. The molecule has 3 rings (SSSR count). The van der Waals surface area contributed by atoms with Gasteiger partial charge >= 0.3 is 0 Å². The van der Waals surface area contributed by atoms with Crippen molar-refractivity contribution >= 4 is 11.8 Å². The predicted molar refractivity (Wildman–Crippen MR) is 86.9 cm³/mol. The molecule has 0 aliphatic carbocycles. The lowest BCUT2D eigenvalue weighted by Gasteiger charge is -2.10. The SMILES string of the molecule is c1ccc(-c2cccc(OCCSC3CCOC3)c2)nc1. The van der Waals surface area contributed by atoms with Gasteiger partial charge in [-0.05, 0) is 30.7 Å². The van der Waals surface area contributed by atoms with E-state index in [1.165, 1.54) is 6.42 Å². The van der Waals surface area contributed by atoms with Gasteiger partial charge in [-0.25, -0.2) is 0 Å². The summed E-state index contributed by atoms with van der Waals surface area (Å²) in [5.41, 5.74) is 2.06. The van der Waals surface area contributed by atoms with Gasteiger partial charge < -0.3 is 9.47 Å². The van der Waals surface area contributed by atoms with Gasteiger partial charge in [0.05, 0.1) is 18.9 Å². The van der Waals surface area contributed by atoms with Crippen LogP contribution in [-0.2, 0) is 4.74 Å². The number of benzene rings is 1. The van der Waals surface area contributed by atoms with Crippen molar-refractivity contribution in [1.29, 1.82) is 0 Å². The van der Waals surface area contributed by atoms with E-state index < -0.39 is 0 Å². The van der Waals surface area contributed by atoms with E-state index in [-0.39, 0.29) is 0 Å². The Morgan fingerprint density at radius 1 is 1.24 bits per heavy atom. The number of rotatable bonds is 6. The van der Waals surface area contributed by atoms with Gasteiger partial charge in [-0.3, -0.25) is 4.98 Å². The Labute approximate surface area is 129 Å². The number of hydrogen-bond donors (Lipinski definition) is 0. The maximum Gasteiger partial charge on any atom is 0.120 e. The molecule has 1 aromatic carbocycles. The molecule has 1 aliphatic heterocycles. The molecule has 0 N–H and O–H groups in total. The quantitative estimate of drug-likeness (QED) is 0.762. The van der Waals surface area contributed by atoms with Gasteiger partial charge in [0.2, 0.25) is 0 Å². The van der Waals surface area contributed by atoms with Crippen molar-refractivity contribution in [2.24, 2.45) is 0 Å². The molecular weight excluding hydrogens is 282 g/mol. The Hall–Kier alpha value is -1.52. The third kappa shape index (κ3) is 4.22. The van der Waals surface area contributed by atoms with E-state index in [1.807, 2.05) is 54.4 Å². The van der Waals surface area contributed by atoms with Crippen LogP contribution < -0.4 is 4.74 Å². The van der Waals surface area contributed by atoms with E-state index in [1.54, 1.807) is 0 Å². The zero-order chi connectivity index (χ0) is 14.3. The molecule has 110 valence electrons. The molecule has 21 heavy (non-hydrogen) atoms. The van der Waals surface area contributed by atoms with Crippen molar-refractivity contribution in [2.75, 3.05) is 25.6 Å². The third-order valence-corrected chi connectivity index (χ3v) is 4.63. The fraction of sp³-hybridized carbons (Fsp3) is 0.353. The molecule has 1 unspecified atom stereocenters. The van der Waals surface area contributed by atoms with E-state index in [4.69, 9.17) is 9.47 Å². The molecule has 0 radical (unpaired) electrons. The first-order valence-electron chi connectivity index (χ1n) is 7.25.